The van der Waals surface area contributed by atoms with Gasteiger partial charge in [0.2, 0.25) is 5.91 Å². The molecule has 1 aliphatic rings. The molecule has 1 heterocycles. The van der Waals surface area contributed by atoms with Crippen LogP contribution in [0.4, 0.5) is 0 Å². The summed E-state index contributed by atoms with van der Waals surface area (Å²) in [5.41, 5.74) is -0.130. The molecule has 1 N–H and O–H groups in total. The van der Waals surface area contributed by atoms with Crippen molar-refractivity contribution in [3.63, 3.8) is 0 Å². The van der Waals surface area contributed by atoms with Crippen LogP contribution in [0.2, 0.25) is 0 Å². The van der Waals surface area contributed by atoms with Gasteiger partial charge < -0.3 is 5.32 Å². The summed E-state index contributed by atoms with van der Waals surface area (Å²) >= 11 is 0. The number of rotatable bonds is 0. The Kier molecular flexibility index (Phi) is 3.86. The molecule has 0 fully saturated rings. The Morgan fingerprint density at radius 3 is 2.27 bits per heavy atom. The Balaban J connectivity index is 0.000000461. The highest BCUT2D eigenvalue weighted by Crippen LogP contribution is 2.09. The fourth-order valence-electron chi connectivity index (χ4n) is 0.913. The molecule has 0 saturated heterocycles. The number of hydrogen-bond donors (Lipinski definition) is 1. The van der Waals surface area contributed by atoms with Crippen LogP contribution >= 0.6 is 0 Å². The fraction of sp³-hybridized carbons (Fsp3) is 0.667. The molecule has 2 heteroatoms. The van der Waals surface area contributed by atoms with Crippen LogP contribution < -0.4 is 5.32 Å². The summed E-state index contributed by atoms with van der Waals surface area (Å²) in [6, 6.07) is 0. The van der Waals surface area contributed by atoms with Gasteiger partial charge in [0.05, 0.1) is 5.54 Å². The predicted molar refractivity (Wildman–Crippen MR) is 47.3 cm³/mol. The van der Waals surface area contributed by atoms with Crippen LogP contribution in [0, 0.1) is 0 Å². The van der Waals surface area contributed by atoms with E-state index < -0.39 is 0 Å². The van der Waals surface area contributed by atoms with Crippen molar-refractivity contribution >= 4 is 5.91 Å². The van der Waals surface area contributed by atoms with Crippen molar-refractivity contribution in [1.82, 2.24) is 5.32 Å². The van der Waals surface area contributed by atoms with E-state index >= 15 is 0 Å². The quantitative estimate of drug-likeness (QED) is 0.531. The van der Waals surface area contributed by atoms with E-state index in [1.54, 1.807) is 0 Å². The lowest BCUT2D eigenvalue weighted by Gasteiger charge is -2.25. The number of amides is 1. The highest BCUT2D eigenvalue weighted by molar-refractivity contribution is 5.79. The molecule has 0 aromatic carbocycles. The first-order valence-electron chi connectivity index (χ1n) is 4.09. The predicted octanol–water partition coefficient (Wildman–Crippen LogP) is 1.87. The normalized spacial score (nSPS) is 19.8. The van der Waals surface area contributed by atoms with E-state index in [4.69, 9.17) is 0 Å². The molecule has 0 bridgehead atoms. The lowest BCUT2D eigenvalue weighted by molar-refractivity contribution is -0.121. The van der Waals surface area contributed by atoms with Gasteiger partial charge >= 0.3 is 0 Å². The first-order chi connectivity index (χ1) is 5.10. The van der Waals surface area contributed by atoms with Gasteiger partial charge in [-0.05, 0) is 13.8 Å². The van der Waals surface area contributed by atoms with Crippen LogP contribution in [0.25, 0.3) is 0 Å². The third kappa shape index (κ3) is 3.81. The smallest absolute Gasteiger partial charge is 0.224 e. The Morgan fingerprint density at radius 2 is 2.00 bits per heavy atom. The molecule has 0 aromatic heterocycles. The van der Waals surface area contributed by atoms with E-state index in [-0.39, 0.29) is 11.4 Å². The Bertz CT molecular complexity index is 159. The third-order valence-electron chi connectivity index (χ3n) is 1.30. The van der Waals surface area contributed by atoms with Gasteiger partial charge in [0.1, 0.15) is 0 Å². The molecular weight excluding hydrogens is 138 g/mol. The maximum absolute atomic E-state index is 10.7. The van der Waals surface area contributed by atoms with E-state index in [2.05, 4.69) is 5.32 Å². The van der Waals surface area contributed by atoms with Gasteiger partial charge in [0.25, 0.3) is 0 Å². The molecule has 0 unspecified atom stereocenters. The zero-order chi connectivity index (χ0) is 8.91. The summed E-state index contributed by atoms with van der Waals surface area (Å²) in [6.07, 6.45) is 4.44. The molecule has 0 radical (unpaired) electrons. The number of hydrogen-bond acceptors (Lipinski definition) is 1. The SMILES string of the molecule is CC.CC1(C)C=CCC(=O)N1. The second kappa shape index (κ2) is 4.16. The number of carbonyl (C=O) groups excluding carboxylic acids is 1. The van der Waals surface area contributed by atoms with Crippen molar-refractivity contribution in [2.45, 2.75) is 39.7 Å². The number of carbonyl (C=O) groups is 1. The average Bonchev–Trinajstić information content (AvgIpc) is 1.89. The van der Waals surface area contributed by atoms with Gasteiger partial charge in [-0.3, -0.25) is 4.79 Å². The van der Waals surface area contributed by atoms with Crippen LogP contribution in [0.5, 0.6) is 0 Å². The minimum Gasteiger partial charge on any atom is -0.347 e. The lowest BCUT2D eigenvalue weighted by Crippen LogP contribution is -2.43. The van der Waals surface area contributed by atoms with Gasteiger partial charge in [-0.15, -0.1) is 0 Å². The van der Waals surface area contributed by atoms with Crippen molar-refractivity contribution < 1.29 is 4.79 Å². The van der Waals surface area contributed by atoms with Crippen molar-refractivity contribution in [3.8, 4) is 0 Å². The van der Waals surface area contributed by atoms with Crippen LogP contribution in [0.1, 0.15) is 34.1 Å². The molecular formula is C9H17NO. The molecule has 1 aliphatic heterocycles. The van der Waals surface area contributed by atoms with Crippen LogP contribution in [0.15, 0.2) is 12.2 Å². The Morgan fingerprint density at radius 1 is 1.45 bits per heavy atom. The first kappa shape index (κ1) is 10.2. The molecule has 0 atom stereocenters. The second-order valence-corrected chi connectivity index (χ2v) is 2.88. The van der Waals surface area contributed by atoms with Gasteiger partial charge in [-0.25, -0.2) is 0 Å². The monoisotopic (exact) mass is 155 g/mol. The average molecular weight is 155 g/mol. The van der Waals surface area contributed by atoms with Crippen molar-refractivity contribution in [2.24, 2.45) is 0 Å². The van der Waals surface area contributed by atoms with E-state index in [0.29, 0.717) is 6.42 Å². The lowest BCUT2D eigenvalue weighted by atomic mass is 10.0. The molecule has 11 heavy (non-hydrogen) atoms. The van der Waals surface area contributed by atoms with Crippen LogP contribution in [-0.4, -0.2) is 11.4 Å². The molecule has 1 rings (SSSR count). The topological polar surface area (TPSA) is 29.1 Å². The maximum Gasteiger partial charge on any atom is 0.224 e. The van der Waals surface area contributed by atoms with Crippen molar-refractivity contribution in [1.29, 1.82) is 0 Å². The summed E-state index contributed by atoms with van der Waals surface area (Å²) in [7, 11) is 0. The molecule has 1 amide bonds. The van der Waals surface area contributed by atoms with Crippen LogP contribution in [-0.2, 0) is 4.79 Å². The molecule has 0 spiro atoms. The second-order valence-electron chi connectivity index (χ2n) is 2.88. The minimum absolute atomic E-state index is 0.113. The molecule has 64 valence electrons. The summed E-state index contributed by atoms with van der Waals surface area (Å²) in [4.78, 5) is 10.7. The number of nitrogens with one attached hydrogen (secondary N) is 1. The Hall–Kier alpha value is -0.790. The van der Waals surface area contributed by atoms with E-state index in [0.717, 1.165) is 0 Å². The molecule has 0 aromatic rings. The zero-order valence-corrected chi connectivity index (χ0v) is 7.77. The highest BCUT2D eigenvalue weighted by atomic mass is 16.1. The van der Waals surface area contributed by atoms with Gasteiger partial charge in [-0.2, -0.15) is 0 Å². The first-order valence-corrected chi connectivity index (χ1v) is 4.09. The van der Waals surface area contributed by atoms with Gasteiger partial charge in [-0.1, -0.05) is 26.0 Å². The Labute approximate surface area is 68.7 Å². The molecule has 0 aliphatic carbocycles. The maximum atomic E-state index is 10.7. The van der Waals surface area contributed by atoms with E-state index in [1.807, 2.05) is 39.8 Å². The fourth-order valence-corrected chi connectivity index (χ4v) is 0.913. The van der Waals surface area contributed by atoms with E-state index in [9.17, 15) is 4.79 Å². The zero-order valence-electron chi connectivity index (χ0n) is 7.77. The summed E-state index contributed by atoms with van der Waals surface area (Å²) in [5, 5.41) is 2.83. The van der Waals surface area contributed by atoms with Crippen LogP contribution in [0.3, 0.4) is 0 Å². The van der Waals surface area contributed by atoms with E-state index in [1.165, 1.54) is 0 Å². The molecule has 2 nitrogen and oxygen atoms in total. The minimum atomic E-state index is -0.130. The van der Waals surface area contributed by atoms with Gasteiger partial charge in [0, 0.05) is 6.42 Å². The third-order valence-corrected chi connectivity index (χ3v) is 1.30. The standard InChI is InChI=1S/C7H11NO.C2H6/c1-7(2)5-3-4-6(9)8-7;1-2/h3,5H,4H2,1-2H3,(H,8,9);1-2H3. The van der Waals surface area contributed by atoms with Gasteiger partial charge in [0.15, 0.2) is 0 Å². The largest absolute Gasteiger partial charge is 0.347 e. The summed E-state index contributed by atoms with van der Waals surface area (Å²) in [6.45, 7) is 7.95. The highest BCUT2D eigenvalue weighted by Gasteiger charge is 2.18. The van der Waals surface area contributed by atoms with Crippen molar-refractivity contribution in [2.75, 3.05) is 0 Å². The molecule has 0 saturated carbocycles. The van der Waals surface area contributed by atoms with Crippen molar-refractivity contribution in [3.05, 3.63) is 12.2 Å². The summed E-state index contributed by atoms with van der Waals surface area (Å²) < 4.78 is 0. The summed E-state index contributed by atoms with van der Waals surface area (Å²) in [5.74, 6) is 0.113.